The van der Waals surface area contributed by atoms with Crippen LogP contribution in [0.25, 0.3) is 28.0 Å². The minimum absolute atomic E-state index is 0.440. The van der Waals surface area contributed by atoms with E-state index in [2.05, 4.69) is 97.8 Å². The zero-order chi connectivity index (χ0) is 24.4. The molecule has 0 N–H and O–H groups in total. The number of aryl methyl sites for hydroxylation is 1. The number of hydrogen-bond acceptors (Lipinski definition) is 3. The van der Waals surface area contributed by atoms with Gasteiger partial charge in [-0.3, -0.25) is 0 Å². The number of nitrogens with zero attached hydrogens (tertiary/aromatic N) is 4. The van der Waals surface area contributed by atoms with E-state index < -0.39 is 0 Å². The van der Waals surface area contributed by atoms with Crippen molar-refractivity contribution in [1.29, 1.82) is 0 Å². The highest BCUT2D eigenvalue weighted by atomic mass is 15.4. The van der Waals surface area contributed by atoms with Crippen molar-refractivity contribution in [2.75, 3.05) is 18.0 Å². The molecule has 3 heterocycles. The third kappa shape index (κ3) is 4.98. The first-order chi connectivity index (χ1) is 16.9. The number of aromatic nitrogens is 3. The van der Waals surface area contributed by atoms with Gasteiger partial charge in [0.25, 0.3) is 0 Å². The van der Waals surface area contributed by atoms with Crippen LogP contribution in [0.1, 0.15) is 64.1 Å². The molecule has 35 heavy (non-hydrogen) atoms. The molecule has 0 aliphatic carbocycles. The molecule has 1 fully saturated rings. The van der Waals surface area contributed by atoms with Crippen molar-refractivity contribution in [1.82, 2.24) is 14.6 Å². The first-order valence-corrected chi connectivity index (χ1v) is 13.3. The van der Waals surface area contributed by atoms with Crippen LogP contribution in [-0.2, 0) is 6.42 Å². The van der Waals surface area contributed by atoms with Gasteiger partial charge in [0.05, 0.1) is 5.69 Å². The van der Waals surface area contributed by atoms with Gasteiger partial charge in [0.2, 0.25) is 0 Å². The van der Waals surface area contributed by atoms with Crippen molar-refractivity contribution in [3.8, 4) is 22.4 Å². The number of benzene rings is 2. The van der Waals surface area contributed by atoms with Gasteiger partial charge in [0.15, 0.2) is 5.65 Å². The standard InChI is InChI=1S/C31H38N4/c1-5-27-23(2)32-29-22-28(26-16-11-15-25(21-26)24-13-7-6-8-14-24)33-35(29)30(27)34-19-10-9-17-31(3,4)18-12-20-34/h6-8,11,13-16,21-22H,5,9-10,12,17-20H2,1-4H3. The minimum atomic E-state index is 0.440. The summed E-state index contributed by atoms with van der Waals surface area (Å²) in [5.41, 5.74) is 8.37. The molecule has 0 bridgehead atoms. The Morgan fingerprint density at radius 2 is 1.54 bits per heavy atom. The van der Waals surface area contributed by atoms with Crippen LogP contribution < -0.4 is 4.90 Å². The summed E-state index contributed by atoms with van der Waals surface area (Å²) in [5.74, 6) is 1.25. The van der Waals surface area contributed by atoms with E-state index in [4.69, 9.17) is 10.1 Å². The Balaban J connectivity index is 1.57. The van der Waals surface area contributed by atoms with E-state index in [-0.39, 0.29) is 0 Å². The Bertz CT molecular complexity index is 1300. The zero-order valence-electron chi connectivity index (χ0n) is 21.7. The summed E-state index contributed by atoms with van der Waals surface area (Å²) in [6.45, 7) is 11.4. The van der Waals surface area contributed by atoms with Crippen LogP contribution >= 0.6 is 0 Å². The van der Waals surface area contributed by atoms with Crippen LogP contribution in [-0.4, -0.2) is 27.7 Å². The summed E-state index contributed by atoms with van der Waals surface area (Å²) < 4.78 is 2.12. The lowest BCUT2D eigenvalue weighted by Gasteiger charge is -2.28. The third-order valence-corrected chi connectivity index (χ3v) is 7.61. The summed E-state index contributed by atoms with van der Waals surface area (Å²) >= 11 is 0. The van der Waals surface area contributed by atoms with Gasteiger partial charge < -0.3 is 4.90 Å². The summed E-state index contributed by atoms with van der Waals surface area (Å²) in [6, 6.07) is 21.4. The second kappa shape index (κ2) is 9.85. The molecule has 0 amide bonds. The van der Waals surface area contributed by atoms with E-state index in [1.165, 1.54) is 54.6 Å². The third-order valence-electron chi connectivity index (χ3n) is 7.61. The predicted molar refractivity (Wildman–Crippen MR) is 147 cm³/mol. The average molecular weight is 467 g/mol. The molecule has 4 aromatic rings. The van der Waals surface area contributed by atoms with E-state index in [1.807, 2.05) is 0 Å². The van der Waals surface area contributed by atoms with Crippen LogP contribution in [0.5, 0.6) is 0 Å². The van der Waals surface area contributed by atoms with Crippen molar-refractivity contribution < 1.29 is 0 Å². The Hall–Kier alpha value is -3.14. The summed E-state index contributed by atoms with van der Waals surface area (Å²) in [7, 11) is 0. The maximum absolute atomic E-state index is 5.16. The molecule has 1 aliphatic rings. The number of hydrogen-bond donors (Lipinski definition) is 0. The first kappa shape index (κ1) is 23.6. The van der Waals surface area contributed by atoms with Gasteiger partial charge in [0.1, 0.15) is 5.82 Å². The van der Waals surface area contributed by atoms with E-state index in [0.717, 1.165) is 42.1 Å². The molecule has 0 unspecified atom stereocenters. The second-order valence-electron chi connectivity index (χ2n) is 10.8. The Labute approximate surface area is 210 Å². The molecular formula is C31H38N4. The molecule has 4 nitrogen and oxygen atoms in total. The summed E-state index contributed by atoms with van der Waals surface area (Å²) in [6.07, 6.45) is 7.28. The fourth-order valence-corrected chi connectivity index (χ4v) is 5.61. The highest BCUT2D eigenvalue weighted by Gasteiger charge is 2.24. The average Bonchev–Trinajstić information content (AvgIpc) is 3.31. The molecule has 182 valence electrons. The Morgan fingerprint density at radius 1 is 0.829 bits per heavy atom. The van der Waals surface area contributed by atoms with E-state index in [0.29, 0.717) is 5.41 Å². The Morgan fingerprint density at radius 3 is 2.34 bits per heavy atom. The van der Waals surface area contributed by atoms with E-state index >= 15 is 0 Å². The molecule has 1 aliphatic heterocycles. The largest absolute Gasteiger partial charge is 0.356 e. The molecule has 2 aromatic heterocycles. The normalized spacial score (nSPS) is 16.6. The minimum Gasteiger partial charge on any atom is -0.356 e. The van der Waals surface area contributed by atoms with Gasteiger partial charge in [-0.2, -0.15) is 9.61 Å². The Kier molecular flexibility index (Phi) is 6.64. The quantitative estimate of drug-likeness (QED) is 0.308. The SMILES string of the molecule is CCc1c(C)nc2cc(-c3cccc(-c4ccccc4)c3)nn2c1N1CCCCC(C)(C)CCC1. The van der Waals surface area contributed by atoms with Crippen molar-refractivity contribution in [2.45, 2.75) is 66.2 Å². The van der Waals surface area contributed by atoms with Gasteiger partial charge in [-0.15, -0.1) is 0 Å². The van der Waals surface area contributed by atoms with Gasteiger partial charge in [-0.05, 0) is 61.6 Å². The molecule has 0 saturated carbocycles. The molecule has 0 atom stereocenters. The van der Waals surface area contributed by atoms with Gasteiger partial charge in [-0.25, -0.2) is 4.98 Å². The van der Waals surface area contributed by atoms with E-state index in [9.17, 15) is 0 Å². The number of rotatable bonds is 4. The fraction of sp³-hybridized carbons (Fsp3) is 0.419. The molecule has 0 radical (unpaired) electrons. The molecule has 1 saturated heterocycles. The first-order valence-electron chi connectivity index (χ1n) is 13.3. The van der Waals surface area contributed by atoms with Gasteiger partial charge in [-0.1, -0.05) is 75.7 Å². The molecule has 5 rings (SSSR count). The van der Waals surface area contributed by atoms with Crippen molar-refractivity contribution in [3.05, 3.63) is 71.9 Å². The molecule has 0 spiro atoms. The number of fused-ring (bicyclic) bond motifs is 1. The van der Waals surface area contributed by atoms with Crippen molar-refractivity contribution in [2.24, 2.45) is 5.41 Å². The van der Waals surface area contributed by atoms with Crippen molar-refractivity contribution >= 4 is 11.5 Å². The lowest BCUT2D eigenvalue weighted by Crippen LogP contribution is -2.29. The van der Waals surface area contributed by atoms with Crippen LogP contribution in [0.4, 0.5) is 5.82 Å². The molecular weight excluding hydrogens is 428 g/mol. The summed E-state index contributed by atoms with van der Waals surface area (Å²) in [4.78, 5) is 7.58. The predicted octanol–water partition coefficient (Wildman–Crippen LogP) is 7.73. The van der Waals surface area contributed by atoms with Crippen LogP contribution in [0.15, 0.2) is 60.7 Å². The monoisotopic (exact) mass is 466 g/mol. The van der Waals surface area contributed by atoms with Crippen molar-refractivity contribution in [3.63, 3.8) is 0 Å². The highest BCUT2D eigenvalue weighted by molar-refractivity contribution is 5.73. The lowest BCUT2D eigenvalue weighted by atomic mass is 9.83. The van der Waals surface area contributed by atoms with E-state index in [1.54, 1.807) is 0 Å². The second-order valence-corrected chi connectivity index (χ2v) is 10.8. The summed E-state index contributed by atoms with van der Waals surface area (Å²) in [5, 5.41) is 5.16. The number of anilines is 1. The zero-order valence-corrected chi connectivity index (χ0v) is 21.7. The van der Waals surface area contributed by atoms with Crippen LogP contribution in [0.2, 0.25) is 0 Å². The topological polar surface area (TPSA) is 33.4 Å². The highest BCUT2D eigenvalue weighted by Crippen LogP contribution is 2.34. The van der Waals surface area contributed by atoms with Gasteiger partial charge in [0, 0.05) is 36.0 Å². The van der Waals surface area contributed by atoms with Crippen LogP contribution in [0, 0.1) is 12.3 Å². The van der Waals surface area contributed by atoms with Crippen LogP contribution in [0.3, 0.4) is 0 Å². The molecule has 4 heteroatoms. The smallest absolute Gasteiger partial charge is 0.158 e. The lowest BCUT2D eigenvalue weighted by molar-refractivity contribution is 0.297. The maximum Gasteiger partial charge on any atom is 0.158 e. The van der Waals surface area contributed by atoms with Gasteiger partial charge >= 0.3 is 0 Å². The fourth-order valence-electron chi connectivity index (χ4n) is 5.61. The molecule has 2 aromatic carbocycles. The maximum atomic E-state index is 5.16.